The summed E-state index contributed by atoms with van der Waals surface area (Å²) in [5, 5.41) is 0. The summed E-state index contributed by atoms with van der Waals surface area (Å²) in [6.07, 6.45) is 0. The third kappa shape index (κ3) is 7.20. The van der Waals surface area contributed by atoms with Gasteiger partial charge in [-0.25, -0.2) is 0 Å². The van der Waals surface area contributed by atoms with Crippen LogP contribution in [0.5, 0.6) is 11.5 Å². The number of para-hydroxylation sites is 2. The van der Waals surface area contributed by atoms with Gasteiger partial charge in [-0.15, -0.1) is 12.4 Å². The summed E-state index contributed by atoms with van der Waals surface area (Å²) in [6.45, 7) is 4.02. The Hall–Kier alpha value is -1.46. The second-order valence-electron chi connectivity index (χ2n) is 4.79. The van der Waals surface area contributed by atoms with Gasteiger partial charge in [-0.05, 0) is 33.2 Å². The van der Waals surface area contributed by atoms with Gasteiger partial charge >= 0.3 is 0 Å². The van der Waals surface area contributed by atoms with E-state index in [2.05, 4.69) is 0 Å². The van der Waals surface area contributed by atoms with Crippen molar-refractivity contribution in [2.24, 2.45) is 0 Å². The number of nitrogens with zero attached hydrogens (tertiary/aromatic N) is 2. The van der Waals surface area contributed by atoms with Crippen LogP contribution in [0.3, 0.4) is 0 Å². The number of amides is 1. The summed E-state index contributed by atoms with van der Waals surface area (Å²) in [4.78, 5) is 15.6. The fourth-order valence-corrected chi connectivity index (χ4v) is 1.57. The van der Waals surface area contributed by atoms with Crippen LogP contribution in [0.2, 0.25) is 0 Å². The van der Waals surface area contributed by atoms with Crippen molar-refractivity contribution in [3.63, 3.8) is 0 Å². The molecule has 1 amide bonds. The quantitative estimate of drug-likeness (QED) is 0.734. The Morgan fingerprint density at radius 1 is 1.05 bits per heavy atom. The summed E-state index contributed by atoms with van der Waals surface area (Å²) in [6, 6.07) is 7.37. The van der Waals surface area contributed by atoms with E-state index in [-0.39, 0.29) is 24.9 Å². The Morgan fingerprint density at radius 2 is 1.62 bits per heavy atom. The first kappa shape index (κ1) is 19.5. The lowest BCUT2D eigenvalue weighted by Crippen LogP contribution is -2.36. The van der Waals surface area contributed by atoms with Gasteiger partial charge < -0.3 is 19.3 Å². The van der Waals surface area contributed by atoms with Gasteiger partial charge in [0.15, 0.2) is 18.1 Å². The van der Waals surface area contributed by atoms with Crippen molar-refractivity contribution in [2.45, 2.75) is 6.92 Å². The fraction of sp³-hybridized carbons (Fsp3) is 0.533. The molecule has 0 unspecified atom stereocenters. The first-order chi connectivity index (χ1) is 9.54. The van der Waals surface area contributed by atoms with E-state index in [4.69, 9.17) is 9.47 Å². The van der Waals surface area contributed by atoms with Crippen molar-refractivity contribution < 1.29 is 14.3 Å². The molecule has 0 aliphatic heterocycles. The maximum Gasteiger partial charge on any atom is 0.260 e. The Bertz CT molecular complexity index is 427. The number of hydrogen-bond donors (Lipinski definition) is 0. The molecule has 0 saturated carbocycles. The molecule has 0 radical (unpaired) electrons. The van der Waals surface area contributed by atoms with E-state index in [0.717, 1.165) is 6.54 Å². The molecule has 0 bridgehead atoms. The van der Waals surface area contributed by atoms with Gasteiger partial charge in [0, 0.05) is 20.1 Å². The molecule has 0 aromatic heterocycles. The smallest absolute Gasteiger partial charge is 0.260 e. The summed E-state index contributed by atoms with van der Waals surface area (Å²) in [5.41, 5.74) is 0. The van der Waals surface area contributed by atoms with Crippen LogP contribution in [0, 0.1) is 0 Å². The number of likely N-dealkylation sites (N-methyl/N-ethyl adjacent to an activating group) is 2. The molecule has 0 N–H and O–H groups in total. The molecule has 0 atom stereocenters. The molecule has 21 heavy (non-hydrogen) atoms. The van der Waals surface area contributed by atoms with Gasteiger partial charge in [0.25, 0.3) is 5.91 Å². The van der Waals surface area contributed by atoms with E-state index in [9.17, 15) is 4.79 Å². The summed E-state index contributed by atoms with van der Waals surface area (Å²) >= 11 is 0. The minimum absolute atomic E-state index is 0. The largest absolute Gasteiger partial charge is 0.490 e. The monoisotopic (exact) mass is 316 g/mol. The van der Waals surface area contributed by atoms with Crippen molar-refractivity contribution in [3.8, 4) is 11.5 Å². The molecule has 6 heteroatoms. The highest BCUT2D eigenvalue weighted by molar-refractivity contribution is 5.85. The molecule has 5 nitrogen and oxygen atoms in total. The predicted molar refractivity (Wildman–Crippen MR) is 86.5 cm³/mol. The maximum atomic E-state index is 11.9. The lowest BCUT2D eigenvalue weighted by atomic mass is 10.3. The van der Waals surface area contributed by atoms with Crippen LogP contribution in [-0.2, 0) is 4.79 Å². The fourth-order valence-electron chi connectivity index (χ4n) is 1.57. The van der Waals surface area contributed by atoms with Crippen LogP contribution >= 0.6 is 12.4 Å². The zero-order valence-corrected chi connectivity index (χ0v) is 14.0. The number of carbonyl (C=O) groups is 1. The molecule has 0 saturated heterocycles. The van der Waals surface area contributed by atoms with Gasteiger partial charge in [0.2, 0.25) is 0 Å². The SMILES string of the molecule is CCOc1ccccc1OCC(=O)N(C)CCN(C)C.Cl. The lowest BCUT2D eigenvalue weighted by Gasteiger charge is -2.20. The van der Waals surface area contributed by atoms with Crippen LogP contribution in [0.15, 0.2) is 24.3 Å². The highest BCUT2D eigenvalue weighted by Crippen LogP contribution is 2.26. The summed E-state index contributed by atoms with van der Waals surface area (Å²) in [5.74, 6) is 1.22. The van der Waals surface area contributed by atoms with Gasteiger partial charge in [-0.1, -0.05) is 12.1 Å². The van der Waals surface area contributed by atoms with Gasteiger partial charge in [-0.2, -0.15) is 0 Å². The maximum absolute atomic E-state index is 11.9. The van der Waals surface area contributed by atoms with Crippen molar-refractivity contribution in [1.82, 2.24) is 9.80 Å². The molecule has 1 aromatic rings. The van der Waals surface area contributed by atoms with Gasteiger partial charge in [0.05, 0.1) is 6.61 Å². The van der Waals surface area contributed by atoms with Crippen molar-refractivity contribution >= 4 is 18.3 Å². The second-order valence-corrected chi connectivity index (χ2v) is 4.79. The molecule has 0 spiro atoms. The molecule has 0 fully saturated rings. The molecule has 0 aliphatic rings. The van der Waals surface area contributed by atoms with E-state index in [0.29, 0.717) is 24.7 Å². The average molecular weight is 317 g/mol. The van der Waals surface area contributed by atoms with Gasteiger partial charge in [-0.3, -0.25) is 4.79 Å². The normalized spacial score (nSPS) is 9.95. The lowest BCUT2D eigenvalue weighted by molar-refractivity contribution is -0.132. The standard InChI is InChI=1S/C15H24N2O3.ClH/c1-5-19-13-8-6-7-9-14(13)20-12-15(18)17(4)11-10-16(2)3;/h6-9H,5,10-12H2,1-4H3;1H. The number of halogens is 1. The van der Waals surface area contributed by atoms with Crippen molar-refractivity contribution in [2.75, 3.05) is 47.4 Å². The Morgan fingerprint density at radius 3 is 2.14 bits per heavy atom. The van der Waals surface area contributed by atoms with E-state index in [1.165, 1.54) is 0 Å². The predicted octanol–water partition coefficient (Wildman–Crippen LogP) is 1.91. The number of carbonyl (C=O) groups excluding carboxylic acids is 1. The average Bonchev–Trinajstić information content (AvgIpc) is 2.43. The molecule has 120 valence electrons. The first-order valence-electron chi connectivity index (χ1n) is 6.78. The minimum atomic E-state index is -0.0434. The van der Waals surface area contributed by atoms with Crippen LogP contribution < -0.4 is 9.47 Å². The third-order valence-corrected chi connectivity index (χ3v) is 2.81. The summed E-state index contributed by atoms with van der Waals surface area (Å²) in [7, 11) is 5.74. The van der Waals surface area contributed by atoms with E-state index in [1.54, 1.807) is 18.0 Å². The zero-order chi connectivity index (χ0) is 15.0. The highest BCUT2D eigenvalue weighted by atomic mass is 35.5. The number of rotatable bonds is 8. The van der Waals surface area contributed by atoms with E-state index in [1.807, 2.05) is 44.1 Å². The number of benzene rings is 1. The topological polar surface area (TPSA) is 42.0 Å². The van der Waals surface area contributed by atoms with Crippen LogP contribution in [0.25, 0.3) is 0 Å². The van der Waals surface area contributed by atoms with E-state index >= 15 is 0 Å². The number of ether oxygens (including phenoxy) is 2. The molecular weight excluding hydrogens is 292 g/mol. The third-order valence-electron chi connectivity index (χ3n) is 2.81. The Balaban J connectivity index is 0.00000400. The van der Waals surface area contributed by atoms with Crippen molar-refractivity contribution in [1.29, 1.82) is 0 Å². The highest BCUT2D eigenvalue weighted by Gasteiger charge is 2.11. The van der Waals surface area contributed by atoms with Gasteiger partial charge in [0.1, 0.15) is 0 Å². The first-order valence-corrected chi connectivity index (χ1v) is 6.78. The van der Waals surface area contributed by atoms with Crippen molar-refractivity contribution in [3.05, 3.63) is 24.3 Å². The molecule has 0 aliphatic carbocycles. The minimum Gasteiger partial charge on any atom is -0.490 e. The van der Waals surface area contributed by atoms with Crippen LogP contribution in [0.1, 0.15) is 6.92 Å². The Kier molecular flexibility index (Phi) is 9.58. The number of hydrogen-bond acceptors (Lipinski definition) is 4. The second kappa shape index (κ2) is 10.3. The van der Waals surface area contributed by atoms with Crippen LogP contribution in [0.4, 0.5) is 0 Å². The molecule has 1 rings (SSSR count). The van der Waals surface area contributed by atoms with E-state index < -0.39 is 0 Å². The Labute approximate surface area is 133 Å². The zero-order valence-electron chi connectivity index (χ0n) is 13.2. The molecule has 1 aromatic carbocycles. The molecular formula is C15H25ClN2O3. The summed E-state index contributed by atoms with van der Waals surface area (Å²) < 4.78 is 11.0. The molecule has 0 heterocycles. The van der Waals surface area contributed by atoms with Crippen LogP contribution in [-0.4, -0.2) is 63.2 Å².